The fourth-order valence-electron chi connectivity index (χ4n) is 2.94. The van der Waals surface area contributed by atoms with Crippen LogP contribution in [0.25, 0.3) is 0 Å². The quantitative estimate of drug-likeness (QED) is 0.498. The molecule has 0 saturated carbocycles. The normalized spacial score (nSPS) is 13.1. The van der Waals surface area contributed by atoms with Crippen LogP contribution in [0, 0.1) is 0 Å². The summed E-state index contributed by atoms with van der Waals surface area (Å²) in [6.07, 6.45) is -10.7. The van der Waals surface area contributed by atoms with Gasteiger partial charge in [-0.1, -0.05) is 25.1 Å². The third-order valence-electron chi connectivity index (χ3n) is 4.56. The second kappa shape index (κ2) is 10.0. The summed E-state index contributed by atoms with van der Waals surface area (Å²) in [6.45, 7) is -0.576. The molecule has 0 heterocycles. The van der Waals surface area contributed by atoms with E-state index < -0.39 is 78.5 Å². The summed E-state index contributed by atoms with van der Waals surface area (Å²) >= 11 is 0. The van der Waals surface area contributed by atoms with Crippen molar-refractivity contribution in [3.8, 4) is 0 Å². The summed E-state index contributed by atoms with van der Waals surface area (Å²) < 4.78 is 126. The Kier molecular flexibility index (Phi) is 8.21. The van der Waals surface area contributed by atoms with Gasteiger partial charge in [-0.15, -0.1) is 0 Å². The van der Waals surface area contributed by atoms with E-state index in [1.165, 1.54) is 17.7 Å². The fourth-order valence-corrected chi connectivity index (χ4v) is 5.12. The number of nitrogens with one attached hydrogen (secondary N) is 1. The SMILES string of the molecule is CCS(=O)(=O)c1ccc(S(=O)(=O)NCC(F)(F)F)cc1CC(=O)Cc1cccc(C(F)(F)F)c1. The van der Waals surface area contributed by atoms with Crippen molar-refractivity contribution in [2.24, 2.45) is 0 Å². The lowest BCUT2D eigenvalue weighted by atomic mass is 10.0. The van der Waals surface area contributed by atoms with E-state index in [-0.39, 0.29) is 11.1 Å². The molecule has 0 fully saturated rings. The Morgan fingerprint density at radius 1 is 0.912 bits per heavy atom. The molecule has 0 aliphatic heterocycles. The van der Waals surface area contributed by atoms with Gasteiger partial charge in [-0.25, -0.2) is 21.6 Å². The molecule has 6 nitrogen and oxygen atoms in total. The van der Waals surface area contributed by atoms with Gasteiger partial charge in [0.25, 0.3) is 0 Å². The first-order chi connectivity index (χ1) is 15.4. The second-order valence-corrected chi connectivity index (χ2v) is 11.2. The van der Waals surface area contributed by atoms with Gasteiger partial charge in [-0.3, -0.25) is 4.79 Å². The molecule has 14 heteroatoms. The highest BCUT2D eigenvalue weighted by atomic mass is 32.2. The molecule has 0 bridgehead atoms. The lowest BCUT2D eigenvalue weighted by Gasteiger charge is -2.14. The Morgan fingerprint density at radius 2 is 1.56 bits per heavy atom. The van der Waals surface area contributed by atoms with Crippen molar-refractivity contribution >= 4 is 25.6 Å². The maximum Gasteiger partial charge on any atom is 0.416 e. The number of Topliss-reactive ketones (excluding diaryl/α,β-unsaturated/α-hetero) is 1. The maximum atomic E-state index is 12.9. The van der Waals surface area contributed by atoms with Crippen LogP contribution in [0.1, 0.15) is 23.6 Å². The highest BCUT2D eigenvalue weighted by Gasteiger charge is 2.32. The average Bonchev–Trinajstić information content (AvgIpc) is 2.71. The molecular formula is C20H19F6NO5S2. The average molecular weight is 531 g/mol. The summed E-state index contributed by atoms with van der Waals surface area (Å²) in [6, 6.07) is 6.35. The first-order valence-corrected chi connectivity index (χ1v) is 12.7. The molecule has 0 aliphatic carbocycles. The van der Waals surface area contributed by atoms with Crippen LogP contribution in [0.3, 0.4) is 0 Å². The summed E-state index contributed by atoms with van der Waals surface area (Å²) in [4.78, 5) is 11.4. The molecule has 2 aromatic rings. The molecule has 34 heavy (non-hydrogen) atoms. The van der Waals surface area contributed by atoms with Crippen LogP contribution in [-0.2, 0) is 43.7 Å². The van der Waals surface area contributed by atoms with Gasteiger partial charge >= 0.3 is 12.4 Å². The van der Waals surface area contributed by atoms with Crippen molar-refractivity contribution in [3.05, 3.63) is 59.2 Å². The molecule has 0 radical (unpaired) electrons. The van der Waals surface area contributed by atoms with Crippen molar-refractivity contribution < 1.29 is 48.0 Å². The van der Waals surface area contributed by atoms with Crippen molar-refractivity contribution in [1.29, 1.82) is 0 Å². The lowest BCUT2D eigenvalue weighted by molar-refractivity contribution is -0.137. The Morgan fingerprint density at radius 3 is 2.12 bits per heavy atom. The molecule has 2 aromatic carbocycles. The monoisotopic (exact) mass is 531 g/mol. The van der Waals surface area contributed by atoms with Gasteiger partial charge in [0.1, 0.15) is 12.3 Å². The van der Waals surface area contributed by atoms with E-state index in [2.05, 4.69) is 0 Å². The van der Waals surface area contributed by atoms with E-state index in [1.807, 2.05) is 0 Å². The topological polar surface area (TPSA) is 97.4 Å². The summed E-state index contributed by atoms with van der Waals surface area (Å²) in [5.74, 6) is -1.15. The zero-order valence-corrected chi connectivity index (χ0v) is 19.1. The molecule has 1 N–H and O–H groups in total. The van der Waals surface area contributed by atoms with Gasteiger partial charge in [0.15, 0.2) is 9.84 Å². The number of hydrogen-bond acceptors (Lipinski definition) is 5. The third-order valence-corrected chi connectivity index (χ3v) is 7.79. The number of ketones is 1. The molecule has 0 saturated heterocycles. The van der Waals surface area contributed by atoms with Crippen LogP contribution < -0.4 is 4.72 Å². The highest BCUT2D eigenvalue weighted by Crippen LogP contribution is 2.30. The summed E-state index contributed by atoms with van der Waals surface area (Å²) in [5.41, 5.74) is -1.29. The number of carbonyl (C=O) groups is 1. The van der Waals surface area contributed by atoms with Gasteiger partial charge in [0.2, 0.25) is 10.0 Å². The molecule has 2 rings (SSSR count). The van der Waals surface area contributed by atoms with Crippen LogP contribution in [0.15, 0.2) is 52.3 Å². The van der Waals surface area contributed by atoms with Crippen molar-refractivity contribution in [3.63, 3.8) is 0 Å². The van der Waals surface area contributed by atoms with Crippen molar-refractivity contribution in [2.75, 3.05) is 12.3 Å². The van der Waals surface area contributed by atoms with Crippen molar-refractivity contribution in [2.45, 2.75) is 41.9 Å². The van der Waals surface area contributed by atoms with Crippen molar-refractivity contribution in [1.82, 2.24) is 4.72 Å². The first-order valence-electron chi connectivity index (χ1n) is 9.54. The predicted molar refractivity (Wildman–Crippen MR) is 109 cm³/mol. The summed E-state index contributed by atoms with van der Waals surface area (Å²) in [5, 5.41) is 0. The maximum absolute atomic E-state index is 12.9. The van der Waals surface area contributed by atoms with E-state index >= 15 is 0 Å². The molecule has 0 unspecified atom stereocenters. The summed E-state index contributed by atoms with van der Waals surface area (Å²) in [7, 11) is -8.67. The number of sulfonamides is 1. The van der Waals surface area contributed by atoms with Gasteiger partial charge in [0.05, 0.1) is 21.1 Å². The van der Waals surface area contributed by atoms with Crippen LogP contribution in [0.2, 0.25) is 0 Å². The van der Waals surface area contributed by atoms with E-state index in [0.717, 1.165) is 36.4 Å². The number of sulfone groups is 1. The molecule has 0 spiro atoms. The molecule has 0 aliphatic rings. The minimum absolute atomic E-state index is 0.00431. The van der Waals surface area contributed by atoms with Crippen LogP contribution in [0.4, 0.5) is 26.3 Å². The van der Waals surface area contributed by atoms with Gasteiger partial charge in [0, 0.05) is 12.8 Å². The van der Waals surface area contributed by atoms with Crippen LogP contribution in [-0.4, -0.2) is 41.1 Å². The number of halogens is 6. The van der Waals surface area contributed by atoms with E-state index in [4.69, 9.17) is 0 Å². The minimum atomic E-state index is -4.84. The van der Waals surface area contributed by atoms with Crippen LogP contribution in [0.5, 0.6) is 0 Å². The highest BCUT2D eigenvalue weighted by molar-refractivity contribution is 7.91. The molecule has 0 atom stereocenters. The minimum Gasteiger partial charge on any atom is -0.299 e. The van der Waals surface area contributed by atoms with E-state index in [9.17, 15) is 48.0 Å². The van der Waals surface area contributed by atoms with E-state index in [1.54, 1.807) is 0 Å². The number of rotatable bonds is 9. The third kappa shape index (κ3) is 7.53. The zero-order chi connectivity index (χ0) is 25.9. The Hall–Kier alpha value is -2.45. The largest absolute Gasteiger partial charge is 0.416 e. The van der Waals surface area contributed by atoms with Gasteiger partial charge in [-0.05, 0) is 35.4 Å². The van der Waals surface area contributed by atoms with E-state index in [0.29, 0.717) is 0 Å². The molecule has 188 valence electrons. The molecular weight excluding hydrogens is 512 g/mol. The Bertz CT molecular complexity index is 1270. The second-order valence-electron chi connectivity index (χ2n) is 7.20. The van der Waals surface area contributed by atoms with Gasteiger partial charge in [-0.2, -0.15) is 26.3 Å². The van der Waals surface area contributed by atoms with Gasteiger partial charge < -0.3 is 0 Å². The Labute approximate surface area is 191 Å². The first kappa shape index (κ1) is 27.8. The number of carbonyl (C=O) groups excluding carboxylic acids is 1. The zero-order valence-electron chi connectivity index (χ0n) is 17.5. The molecule has 0 aromatic heterocycles. The number of alkyl halides is 6. The smallest absolute Gasteiger partial charge is 0.299 e. The number of benzene rings is 2. The predicted octanol–water partition coefficient (Wildman–Crippen LogP) is 3.69. The molecule has 0 amide bonds. The standard InChI is InChI=1S/C20H19F6NO5S2/c1-2-33(29,30)18-7-6-17(34(31,32)27-12-19(21,22)23)11-14(18)10-16(28)9-13-4-3-5-15(8-13)20(24,25)26/h3-8,11,27H,2,9-10,12H2,1H3. The fraction of sp³-hybridized carbons (Fsp3) is 0.350. The van der Waals surface area contributed by atoms with Crippen LogP contribution >= 0.6 is 0 Å². The Balaban J connectivity index is 2.40. The lowest BCUT2D eigenvalue weighted by Crippen LogP contribution is -2.33. The number of hydrogen-bond donors (Lipinski definition) is 1.